The highest BCUT2D eigenvalue weighted by atomic mass is 35.5. The third-order valence-corrected chi connectivity index (χ3v) is 4.07. The lowest BCUT2D eigenvalue weighted by molar-refractivity contribution is 0.0410. The first-order chi connectivity index (χ1) is 8.00. The molecule has 2 rings (SSSR count). The van der Waals surface area contributed by atoms with Gasteiger partial charge in [-0.25, -0.2) is 0 Å². The van der Waals surface area contributed by atoms with Crippen LogP contribution in [0.3, 0.4) is 0 Å². The van der Waals surface area contributed by atoms with Crippen molar-refractivity contribution in [1.29, 1.82) is 0 Å². The van der Waals surface area contributed by atoms with Crippen molar-refractivity contribution in [2.45, 2.75) is 52.2 Å². The Balaban J connectivity index is 0.00000162. The predicted octanol–water partition coefficient (Wildman–Crippen LogP) is 3.19. The quantitative estimate of drug-likeness (QED) is 0.885. The maximum Gasteiger partial charge on any atom is 0.0761 e. The number of aliphatic hydroxyl groups excluding tert-OH is 1. The molecule has 1 saturated carbocycles. The molecule has 1 aromatic rings. The molecule has 0 saturated heterocycles. The number of aliphatic hydroxyl groups is 1. The van der Waals surface area contributed by atoms with Gasteiger partial charge in [0.2, 0.25) is 0 Å². The van der Waals surface area contributed by atoms with Crippen LogP contribution in [-0.4, -0.2) is 11.2 Å². The second kappa shape index (κ2) is 6.05. The monoisotopic (exact) mass is 269 g/mol. The average Bonchev–Trinajstić information content (AvgIpc) is 2.12. The first kappa shape index (κ1) is 15.5. The highest BCUT2D eigenvalue weighted by Gasteiger charge is 2.31. The summed E-state index contributed by atoms with van der Waals surface area (Å²) in [5.41, 5.74) is 11.0. The number of hydrogen-bond donors (Lipinski definition) is 2. The summed E-state index contributed by atoms with van der Waals surface area (Å²) in [7, 11) is 0. The van der Waals surface area contributed by atoms with E-state index in [9.17, 15) is 5.11 Å². The van der Waals surface area contributed by atoms with Gasteiger partial charge in [0.1, 0.15) is 0 Å². The summed E-state index contributed by atoms with van der Waals surface area (Å²) in [5, 5.41) is 10.3. The molecule has 0 radical (unpaired) electrons. The fourth-order valence-corrected chi connectivity index (χ4v) is 2.96. The van der Waals surface area contributed by atoms with Crippen molar-refractivity contribution in [3.63, 3.8) is 0 Å². The van der Waals surface area contributed by atoms with Gasteiger partial charge in [0.25, 0.3) is 0 Å². The van der Waals surface area contributed by atoms with Crippen LogP contribution in [0.2, 0.25) is 0 Å². The van der Waals surface area contributed by atoms with Crippen molar-refractivity contribution < 1.29 is 5.11 Å². The maximum absolute atomic E-state index is 10.3. The van der Waals surface area contributed by atoms with Crippen LogP contribution in [0.15, 0.2) is 12.1 Å². The SMILES string of the molecule is Cc1cc(C)c([C@@H](N)[C@@H](O)C2CCC2)c(C)c1.Cl. The van der Waals surface area contributed by atoms with E-state index >= 15 is 0 Å². The zero-order chi connectivity index (χ0) is 12.6. The van der Waals surface area contributed by atoms with Crippen LogP contribution in [0.1, 0.15) is 47.6 Å². The number of hydrogen-bond acceptors (Lipinski definition) is 2. The first-order valence-electron chi connectivity index (χ1n) is 6.52. The van der Waals surface area contributed by atoms with Crippen LogP contribution in [0.25, 0.3) is 0 Å². The third-order valence-electron chi connectivity index (χ3n) is 4.07. The zero-order valence-corrected chi connectivity index (χ0v) is 12.3. The van der Waals surface area contributed by atoms with Gasteiger partial charge in [0.05, 0.1) is 12.1 Å². The smallest absolute Gasteiger partial charge is 0.0761 e. The van der Waals surface area contributed by atoms with Crippen molar-refractivity contribution in [2.24, 2.45) is 11.7 Å². The lowest BCUT2D eigenvalue weighted by atomic mass is 9.76. The summed E-state index contributed by atoms with van der Waals surface area (Å²) in [6.07, 6.45) is 3.10. The summed E-state index contributed by atoms with van der Waals surface area (Å²) in [6, 6.07) is 4.06. The Morgan fingerprint density at radius 2 is 1.67 bits per heavy atom. The minimum Gasteiger partial charge on any atom is -0.391 e. The summed E-state index contributed by atoms with van der Waals surface area (Å²) < 4.78 is 0. The number of aryl methyl sites for hydroxylation is 3. The Morgan fingerprint density at radius 1 is 1.17 bits per heavy atom. The molecule has 0 aliphatic heterocycles. The maximum atomic E-state index is 10.3. The van der Waals surface area contributed by atoms with Gasteiger partial charge in [-0.15, -0.1) is 12.4 Å². The van der Waals surface area contributed by atoms with Gasteiger partial charge in [-0.1, -0.05) is 24.1 Å². The van der Waals surface area contributed by atoms with Crippen molar-refractivity contribution in [3.8, 4) is 0 Å². The van der Waals surface area contributed by atoms with Crippen LogP contribution < -0.4 is 5.73 Å². The number of rotatable bonds is 3. The molecule has 3 heteroatoms. The van der Waals surface area contributed by atoms with E-state index in [-0.39, 0.29) is 24.6 Å². The molecule has 0 unspecified atom stereocenters. The fraction of sp³-hybridized carbons (Fsp3) is 0.600. The van der Waals surface area contributed by atoms with Gasteiger partial charge in [-0.3, -0.25) is 0 Å². The van der Waals surface area contributed by atoms with Crippen molar-refractivity contribution in [3.05, 3.63) is 34.4 Å². The molecule has 2 nitrogen and oxygen atoms in total. The molecule has 0 amide bonds. The largest absolute Gasteiger partial charge is 0.391 e. The molecule has 1 aromatic carbocycles. The van der Waals surface area contributed by atoms with E-state index in [1.54, 1.807) is 0 Å². The Kier molecular flexibility index (Phi) is 5.20. The van der Waals surface area contributed by atoms with Crippen molar-refractivity contribution in [2.75, 3.05) is 0 Å². The number of benzene rings is 1. The first-order valence-corrected chi connectivity index (χ1v) is 6.52. The molecule has 102 valence electrons. The minimum absolute atomic E-state index is 0. The molecule has 1 fully saturated rings. The molecular formula is C15H24ClNO. The van der Waals surface area contributed by atoms with Crippen LogP contribution >= 0.6 is 12.4 Å². The van der Waals surface area contributed by atoms with Gasteiger partial charge in [0, 0.05) is 0 Å². The average molecular weight is 270 g/mol. The van der Waals surface area contributed by atoms with Crippen LogP contribution in [0.4, 0.5) is 0 Å². The summed E-state index contributed by atoms with van der Waals surface area (Å²) in [4.78, 5) is 0. The molecule has 2 atom stereocenters. The second-order valence-corrected chi connectivity index (χ2v) is 5.52. The fourth-order valence-electron chi connectivity index (χ4n) is 2.96. The molecule has 0 spiro atoms. The van der Waals surface area contributed by atoms with Crippen LogP contribution in [0, 0.1) is 26.7 Å². The normalized spacial score (nSPS) is 18.7. The van der Waals surface area contributed by atoms with Crippen LogP contribution in [-0.2, 0) is 0 Å². The number of nitrogens with two attached hydrogens (primary N) is 1. The van der Waals surface area contributed by atoms with Gasteiger partial charge in [0.15, 0.2) is 0 Å². The van der Waals surface area contributed by atoms with E-state index < -0.39 is 0 Å². The standard InChI is InChI=1S/C15H23NO.ClH/c1-9-7-10(2)13(11(3)8-9)14(16)15(17)12-5-4-6-12;/h7-8,12,14-15,17H,4-6,16H2,1-3H3;1H/t14-,15+;/m1./s1. The van der Waals surface area contributed by atoms with Gasteiger partial charge in [-0.05, 0) is 56.2 Å². The topological polar surface area (TPSA) is 46.2 Å². The van der Waals surface area contributed by atoms with Crippen molar-refractivity contribution in [1.82, 2.24) is 0 Å². The summed E-state index contributed by atoms with van der Waals surface area (Å²) in [5.74, 6) is 0.408. The molecular weight excluding hydrogens is 246 g/mol. The van der Waals surface area contributed by atoms with Gasteiger partial charge < -0.3 is 10.8 Å². The molecule has 0 aromatic heterocycles. The Labute approximate surface area is 116 Å². The lowest BCUT2D eigenvalue weighted by Gasteiger charge is -2.34. The Bertz CT molecular complexity index is 392. The molecule has 1 aliphatic carbocycles. The molecule has 3 N–H and O–H groups in total. The summed E-state index contributed by atoms with van der Waals surface area (Å²) >= 11 is 0. The zero-order valence-electron chi connectivity index (χ0n) is 11.4. The molecule has 1 aliphatic rings. The van der Waals surface area contributed by atoms with Crippen molar-refractivity contribution >= 4 is 12.4 Å². The third kappa shape index (κ3) is 2.87. The minimum atomic E-state index is -0.385. The summed E-state index contributed by atoms with van der Waals surface area (Å²) in [6.45, 7) is 6.27. The second-order valence-electron chi connectivity index (χ2n) is 5.52. The van der Waals surface area contributed by atoms with Gasteiger partial charge >= 0.3 is 0 Å². The number of halogens is 1. The van der Waals surface area contributed by atoms with E-state index in [1.807, 2.05) is 0 Å². The van der Waals surface area contributed by atoms with E-state index in [0.29, 0.717) is 5.92 Å². The Morgan fingerprint density at radius 3 is 2.06 bits per heavy atom. The van der Waals surface area contributed by atoms with E-state index in [2.05, 4.69) is 32.9 Å². The molecule has 18 heavy (non-hydrogen) atoms. The van der Waals surface area contributed by atoms with E-state index in [4.69, 9.17) is 5.73 Å². The van der Waals surface area contributed by atoms with E-state index in [1.165, 1.54) is 23.1 Å². The Hall–Kier alpha value is -0.570. The highest BCUT2D eigenvalue weighted by molar-refractivity contribution is 5.85. The lowest BCUT2D eigenvalue weighted by Crippen LogP contribution is -2.37. The highest BCUT2D eigenvalue weighted by Crippen LogP contribution is 2.35. The van der Waals surface area contributed by atoms with Crippen LogP contribution in [0.5, 0.6) is 0 Å². The molecule has 0 heterocycles. The predicted molar refractivity (Wildman–Crippen MR) is 78.2 cm³/mol. The van der Waals surface area contributed by atoms with E-state index in [0.717, 1.165) is 18.4 Å². The van der Waals surface area contributed by atoms with Gasteiger partial charge in [-0.2, -0.15) is 0 Å². The molecule has 0 bridgehead atoms.